The molecule has 0 bridgehead atoms. The van der Waals surface area contributed by atoms with Crippen molar-refractivity contribution >= 4 is 21.9 Å². The van der Waals surface area contributed by atoms with E-state index in [0.29, 0.717) is 17.5 Å². The van der Waals surface area contributed by atoms with Gasteiger partial charge in [0.15, 0.2) is 6.04 Å². The van der Waals surface area contributed by atoms with Gasteiger partial charge >= 0.3 is 5.97 Å². The Balaban J connectivity index is 2.80. The fraction of sp³-hybridized carbons (Fsp3) is 0.308. The van der Waals surface area contributed by atoms with E-state index in [1.807, 2.05) is 0 Å². The fourth-order valence-electron chi connectivity index (χ4n) is 1.46. The van der Waals surface area contributed by atoms with Crippen molar-refractivity contribution in [3.8, 4) is 0 Å². The Morgan fingerprint density at radius 2 is 2.37 bits per heavy atom. The third-order valence-corrected chi connectivity index (χ3v) is 2.88. The standard InChI is InChI=1S/C13H15BrFNO3/c1-19-7-3-2-6-16-12(13(17)18)10-8-9(14)4-5-11(10)15/h2,4-6,8,12,16H,3,7H2,1H3,(H,17,18)/b6-2+. The highest BCUT2D eigenvalue weighted by atomic mass is 79.9. The van der Waals surface area contributed by atoms with Crippen LogP contribution in [0.2, 0.25) is 0 Å². The Bertz CT molecular complexity index is 465. The van der Waals surface area contributed by atoms with E-state index in [2.05, 4.69) is 21.2 Å². The second kappa shape index (κ2) is 7.91. The number of hydrogen-bond acceptors (Lipinski definition) is 3. The van der Waals surface area contributed by atoms with Gasteiger partial charge in [-0.1, -0.05) is 22.0 Å². The molecule has 0 aliphatic rings. The lowest BCUT2D eigenvalue weighted by Crippen LogP contribution is -2.25. The molecule has 0 amide bonds. The van der Waals surface area contributed by atoms with E-state index < -0.39 is 17.8 Å². The van der Waals surface area contributed by atoms with Gasteiger partial charge in [0.1, 0.15) is 5.82 Å². The molecule has 0 saturated heterocycles. The lowest BCUT2D eigenvalue weighted by Gasteiger charge is -2.14. The number of carbonyl (C=O) groups is 1. The summed E-state index contributed by atoms with van der Waals surface area (Å²) >= 11 is 3.19. The number of nitrogens with one attached hydrogen (secondary N) is 1. The molecule has 2 N–H and O–H groups in total. The van der Waals surface area contributed by atoms with Gasteiger partial charge < -0.3 is 15.2 Å². The van der Waals surface area contributed by atoms with E-state index in [9.17, 15) is 9.18 Å². The molecule has 1 rings (SSSR count). The monoisotopic (exact) mass is 331 g/mol. The number of hydrogen-bond donors (Lipinski definition) is 2. The first-order chi connectivity index (χ1) is 9.06. The first-order valence-corrected chi connectivity index (χ1v) is 6.43. The Kier molecular flexibility index (Phi) is 6.52. The molecule has 0 aliphatic heterocycles. The van der Waals surface area contributed by atoms with E-state index in [-0.39, 0.29) is 5.56 Å². The molecule has 4 nitrogen and oxygen atoms in total. The molecule has 0 aliphatic carbocycles. The van der Waals surface area contributed by atoms with Crippen LogP contribution in [0.4, 0.5) is 4.39 Å². The normalized spacial score (nSPS) is 12.6. The first kappa shape index (κ1) is 15.7. The van der Waals surface area contributed by atoms with Crippen molar-refractivity contribution < 1.29 is 19.0 Å². The summed E-state index contributed by atoms with van der Waals surface area (Å²) in [6.07, 6.45) is 3.88. The highest BCUT2D eigenvalue weighted by Crippen LogP contribution is 2.22. The van der Waals surface area contributed by atoms with E-state index >= 15 is 0 Å². The SMILES string of the molecule is COCC/C=C/NC(C(=O)O)c1cc(Br)ccc1F. The molecule has 0 radical (unpaired) electrons. The zero-order valence-corrected chi connectivity index (χ0v) is 12.0. The number of aliphatic carboxylic acids is 1. The largest absolute Gasteiger partial charge is 0.479 e. The maximum Gasteiger partial charge on any atom is 0.330 e. The quantitative estimate of drug-likeness (QED) is 0.754. The van der Waals surface area contributed by atoms with Crippen molar-refractivity contribution in [2.45, 2.75) is 12.5 Å². The molecule has 6 heteroatoms. The summed E-state index contributed by atoms with van der Waals surface area (Å²) in [6, 6.07) is 3.07. The van der Waals surface area contributed by atoms with Gasteiger partial charge in [-0.3, -0.25) is 0 Å². The third-order valence-electron chi connectivity index (χ3n) is 2.39. The Labute approximate surface area is 119 Å². The number of benzene rings is 1. The van der Waals surface area contributed by atoms with E-state index in [4.69, 9.17) is 9.84 Å². The lowest BCUT2D eigenvalue weighted by molar-refractivity contribution is -0.139. The van der Waals surface area contributed by atoms with Gasteiger partial charge in [0.2, 0.25) is 0 Å². The van der Waals surface area contributed by atoms with Crippen molar-refractivity contribution in [3.63, 3.8) is 0 Å². The van der Waals surface area contributed by atoms with Crippen LogP contribution in [0.1, 0.15) is 18.0 Å². The molecule has 1 aromatic carbocycles. The Morgan fingerprint density at radius 1 is 1.63 bits per heavy atom. The molecule has 0 heterocycles. The predicted molar refractivity (Wildman–Crippen MR) is 73.2 cm³/mol. The Morgan fingerprint density at radius 3 is 3.00 bits per heavy atom. The fourth-order valence-corrected chi connectivity index (χ4v) is 1.84. The zero-order valence-electron chi connectivity index (χ0n) is 10.4. The van der Waals surface area contributed by atoms with Crippen molar-refractivity contribution in [1.82, 2.24) is 5.32 Å². The van der Waals surface area contributed by atoms with Crippen LogP contribution in [0.25, 0.3) is 0 Å². The van der Waals surface area contributed by atoms with Gasteiger partial charge in [0.05, 0.1) is 0 Å². The van der Waals surface area contributed by atoms with Crippen LogP contribution in [0, 0.1) is 5.82 Å². The summed E-state index contributed by atoms with van der Waals surface area (Å²) in [5.41, 5.74) is 0.0817. The molecular formula is C13H15BrFNO3. The topological polar surface area (TPSA) is 58.6 Å². The molecule has 19 heavy (non-hydrogen) atoms. The lowest BCUT2D eigenvalue weighted by atomic mass is 10.1. The van der Waals surface area contributed by atoms with Crippen LogP contribution >= 0.6 is 15.9 Å². The minimum Gasteiger partial charge on any atom is -0.479 e. The highest BCUT2D eigenvalue weighted by Gasteiger charge is 2.21. The second-order valence-electron chi connectivity index (χ2n) is 3.79. The van der Waals surface area contributed by atoms with E-state index in [0.717, 1.165) is 0 Å². The van der Waals surface area contributed by atoms with E-state index in [1.54, 1.807) is 13.2 Å². The van der Waals surface area contributed by atoms with E-state index in [1.165, 1.54) is 24.4 Å². The molecule has 0 spiro atoms. The summed E-state index contributed by atoms with van der Waals surface area (Å²) in [5.74, 6) is -1.71. The number of halogens is 2. The minimum absolute atomic E-state index is 0.0817. The number of carboxylic acids is 1. The van der Waals surface area contributed by atoms with Crippen molar-refractivity contribution in [2.75, 3.05) is 13.7 Å². The van der Waals surface area contributed by atoms with Crippen LogP contribution < -0.4 is 5.32 Å². The summed E-state index contributed by atoms with van der Waals surface area (Å²) in [5, 5.41) is 11.8. The van der Waals surface area contributed by atoms with Crippen LogP contribution in [0.5, 0.6) is 0 Å². The molecule has 1 atom stereocenters. The van der Waals surface area contributed by atoms with Gasteiger partial charge in [-0.25, -0.2) is 9.18 Å². The molecule has 104 valence electrons. The smallest absolute Gasteiger partial charge is 0.330 e. The molecule has 1 aromatic rings. The molecule has 1 unspecified atom stereocenters. The molecule has 0 saturated carbocycles. The highest BCUT2D eigenvalue weighted by molar-refractivity contribution is 9.10. The molecule has 0 aromatic heterocycles. The molecule has 0 fully saturated rings. The van der Waals surface area contributed by atoms with Crippen LogP contribution in [-0.4, -0.2) is 24.8 Å². The van der Waals surface area contributed by atoms with Gasteiger partial charge in [-0.2, -0.15) is 0 Å². The average Bonchev–Trinajstić information content (AvgIpc) is 2.37. The van der Waals surface area contributed by atoms with Crippen LogP contribution in [-0.2, 0) is 9.53 Å². The van der Waals surface area contributed by atoms with Crippen molar-refractivity contribution in [2.24, 2.45) is 0 Å². The zero-order chi connectivity index (χ0) is 14.3. The maximum absolute atomic E-state index is 13.6. The van der Waals surface area contributed by atoms with Crippen molar-refractivity contribution in [1.29, 1.82) is 0 Å². The third kappa shape index (κ3) is 5.00. The summed E-state index contributed by atoms with van der Waals surface area (Å²) in [4.78, 5) is 11.2. The van der Waals surface area contributed by atoms with Gasteiger partial charge in [0.25, 0.3) is 0 Å². The number of ether oxygens (including phenoxy) is 1. The van der Waals surface area contributed by atoms with Gasteiger partial charge in [-0.15, -0.1) is 0 Å². The van der Waals surface area contributed by atoms with Gasteiger partial charge in [0, 0.05) is 23.8 Å². The predicted octanol–water partition coefficient (Wildman–Crippen LogP) is 2.85. The molecular weight excluding hydrogens is 317 g/mol. The average molecular weight is 332 g/mol. The second-order valence-corrected chi connectivity index (χ2v) is 4.70. The minimum atomic E-state index is -1.15. The van der Waals surface area contributed by atoms with Crippen LogP contribution in [0.3, 0.4) is 0 Å². The summed E-state index contributed by atoms with van der Waals surface area (Å²) < 4.78 is 19.1. The van der Waals surface area contributed by atoms with Gasteiger partial charge in [-0.05, 0) is 30.8 Å². The summed E-state index contributed by atoms with van der Waals surface area (Å²) in [6.45, 7) is 0.543. The van der Waals surface area contributed by atoms with Crippen molar-refractivity contribution in [3.05, 3.63) is 46.3 Å². The number of methoxy groups -OCH3 is 1. The number of rotatable bonds is 7. The summed E-state index contributed by atoms with van der Waals surface area (Å²) in [7, 11) is 1.58. The number of carboxylic acid groups (broad SMARTS) is 1. The van der Waals surface area contributed by atoms with Crippen LogP contribution in [0.15, 0.2) is 34.9 Å². The Hall–Kier alpha value is -1.40. The maximum atomic E-state index is 13.6. The first-order valence-electron chi connectivity index (χ1n) is 5.64.